The Labute approximate surface area is 141 Å². The largest absolute Gasteiger partial charge is 0.486 e. The second-order valence-corrected chi connectivity index (χ2v) is 6.16. The number of anilines is 1. The van der Waals surface area contributed by atoms with E-state index in [0.717, 1.165) is 11.8 Å². The van der Waals surface area contributed by atoms with Gasteiger partial charge in [0.1, 0.15) is 18.5 Å². The average molecular weight is 349 g/mol. The van der Waals surface area contributed by atoms with E-state index in [2.05, 4.69) is 15.3 Å². The fourth-order valence-corrected chi connectivity index (χ4v) is 3.11. The minimum atomic E-state index is -0.639. The molecule has 5 N–H and O–H groups in total. The van der Waals surface area contributed by atoms with Crippen LogP contribution in [-0.2, 0) is 9.59 Å². The van der Waals surface area contributed by atoms with Crippen molar-refractivity contribution in [2.75, 3.05) is 18.5 Å². The van der Waals surface area contributed by atoms with Crippen LogP contribution in [0.1, 0.15) is 6.42 Å². The van der Waals surface area contributed by atoms with E-state index < -0.39 is 11.2 Å². The molecule has 2 aliphatic heterocycles. The molecule has 126 valence electrons. The number of thioether (sulfide) groups is 1. The van der Waals surface area contributed by atoms with Gasteiger partial charge in [0.05, 0.1) is 0 Å². The van der Waals surface area contributed by atoms with Crippen LogP contribution in [0.15, 0.2) is 28.2 Å². The van der Waals surface area contributed by atoms with Crippen LogP contribution >= 0.6 is 11.8 Å². The lowest BCUT2D eigenvalue weighted by atomic mass is 10.2. The summed E-state index contributed by atoms with van der Waals surface area (Å²) >= 11 is 1.06. The van der Waals surface area contributed by atoms with E-state index in [1.54, 1.807) is 18.2 Å². The number of amidine groups is 1. The van der Waals surface area contributed by atoms with Gasteiger partial charge in [-0.15, -0.1) is 0 Å². The second-order valence-electron chi connectivity index (χ2n) is 4.99. The molecule has 0 aliphatic carbocycles. The van der Waals surface area contributed by atoms with Gasteiger partial charge in [0.15, 0.2) is 22.6 Å². The van der Waals surface area contributed by atoms with Gasteiger partial charge >= 0.3 is 0 Å². The third-order valence-corrected chi connectivity index (χ3v) is 4.20. The smallest absolute Gasteiger partial charge is 0.262 e. The monoisotopic (exact) mass is 349 g/mol. The van der Waals surface area contributed by atoms with Gasteiger partial charge in [-0.1, -0.05) is 11.8 Å². The Hall–Kier alpha value is -2.75. The SMILES string of the molecule is NC(N)=NC1=NC(=O)[C@@H](CC(=O)Nc2ccc3c(c2)OCCO3)S1. The van der Waals surface area contributed by atoms with E-state index in [-0.39, 0.29) is 23.5 Å². The van der Waals surface area contributed by atoms with Crippen molar-refractivity contribution in [1.29, 1.82) is 0 Å². The Morgan fingerprint density at radius 1 is 1.33 bits per heavy atom. The van der Waals surface area contributed by atoms with Gasteiger partial charge in [-0.05, 0) is 12.1 Å². The molecule has 0 radical (unpaired) electrons. The van der Waals surface area contributed by atoms with Crippen molar-refractivity contribution >= 4 is 40.4 Å². The number of nitrogens with one attached hydrogen (secondary N) is 1. The molecule has 0 unspecified atom stereocenters. The summed E-state index contributed by atoms with van der Waals surface area (Å²) in [6.07, 6.45) is -0.0368. The third-order valence-electron chi connectivity index (χ3n) is 3.15. The molecule has 3 rings (SSSR count). The summed E-state index contributed by atoms with van der Waals surface area (Å²) in [6, 6.07) is 5.10. The number of aliphatic imine (C=N–C) groups is 2. The molecule has 2 aliphatic rings. The summed E-state index contributed by atoms with van der Waals surface area (Å²) in [7, 11) is 0. The summed E-state index contributed by atoms with van der Waals surface area (Å²) in [6.45, 7) is 0.959. The molecule has 1 aromatic rings. The first kappa shape index (κ1) is 16.1. The standard InChI is InChI=1S/C14H15N5O4S/c15-13(16)19-14-18-12(21)10(24-14)6-11(20)17-7-1-2-8-9(5-7)23-4-3-22-8/h1-2,5,10H,3-4,6H2,(H,17,20)(H4,15,16,18,19,21)/t10-/m1/s1. The molecule has 1 aromatic carbocycles. The summed E-state index contributed by atoms with van der Waals surface area (Å²) in [5.41, 5.74) is 11.0. The number of ether oxygens (including phenoxy) is 2. The van der Waals surface area contributed by atoms with Crippen LogP contribution in [0.25, 0.3) is 0 Å². The maximum Gasteiger partial charge on any atom is 0.262 e. The number of carbonyl (C=O) groups excluding carboxylic acids is 2. The lowest BCUT2D eigenvalue weighted by molar-refractivity contribution is -0.121. The van der Waals surface area contributed by atoms with Crippen LogP contribution < -0.4 is 26.3 Å². The minimum Gasteiger partial charge on any atom is -0.486 e. The molecule has 2 heterocycles. The molecule has 0 bridgehead atoms. The number of benzene rings is 1. The number of nitrogens with zero attached hydrogens (tertiary/aromatic N) is 2. The highest BCUT2D eigenvalue weighted by Crippen LogP contribution is 2.33. The van der Waals surface area contributed by atoms with Crippen LogP contribution in [0.4, 0.5) is 5.69 Å². The van der Waals surface area contributed by atoms with Crippen molar-refractivity contribution < 1.29 is 19.1 Å². The van der Waals surface area contributed by atoms with Gasteiger partial charge in [-0.3, -0.25) is 9.59 Å². The molecule has 24 heavy (non-hydrogen) atoms. The van der Waals surface area contributed by atoms with Crippen LogP contribution in [0.5, 0.6) is 11.5 Å². The first-order valence-electron chi connectivity index (χ1n) is 7.09. The fourth-order valence-electron chi connectivity index (χ4n) is 2.16. The number of fused-ring (bicyclic) bond motifs is 1. The van der Waals surface area contributed by atoms with E-state index in [4.69, 9.17) is 20.9 Å². The number of nitrogens with two attached hydrogens (primary N) is 2. The topological polar surface area (TPSA) is 141 Å². The van der Waals surface area contributed by atoms with Gasteiger partial charge in [0.25, 0.3) is 5.91 Å². The maximum absolute atomic E-state index is 12.1. The lowest BCUT2D eigenvalue weighted by Gasteiger charge is -2.19. The van der Waals surface area contributed by atoms with Gasteiger partial charge in [-0.25, -0.2) is 0 Å². The summed E-state index contributed by atoms with van der Waals surface area (Å²) in [5, 5.41) is 2.24. The Bertz CT molecular complexity index is 745. The zero-order valence-electron chi connectivity index (χ0n) is 12.5. The van der Waals surface area contributed by atoms with E-state index >= 15 is 0 Å². The van der Waals surface area contributed by atoms with Gasteiger partial charge in [0.2, 0.25) is 5.91 Å². The van der Waals surface area contributed by atoms with Crippen molar-refractivity contribution in [3.8, 4) is 11.5 Å². The highest BCUT2D eigenvalue weighted by atomic mass is 32.2. The highest BCUT2D eigenvalue weighted by molar-refractivity contribution is 8.15. The van der Waals surface area contributed by atoms with E-state index in [0.29, 0.717) is 30.4 Å². The number of rotatable bonds is 3. The lowest BCUT2D eigenvalue weighted by Crippen LogP contribution is -2.23. The maximum atomic E-state index is 12.1. The summed E-state index contributed by atoms with van der Waals surface area (Å²) in [4.78, 5) is 31.3. The van der Waals surface area contributed by atoms with Crippen LogP contribution in [-0.4, -0.2) is 41.4 Å². The van der Waals surface area contributed by atoms with Gasteiger partial charge < -0.3 is 26.3 Å². The number of hydrogen-bond acceptors (Lipinski definition) is 6. The Balaban J connectivity index is 1.59. The number of carbonyl (C=O) groups is 2. The zero-order valence-corrected chi connectivity index (χ0v) is 13.3. The number of guanidine groups is 1. The predicted molar refractivity (Wildman–Crippen MR) is 90.3 cm³/mol. The van der Waals surface area contributed by atoms with Crippen molar-refractivity contribution in [3.05, 3.63) is 18.2 Å². The predicted octanol–water partition coefficient (Wildman–Crippen LogP) is 0.0578. The second kappa shape index (κ2) is 6.79. The Kier molecular flexibility index (Phi) is 4.56. The van der Waals surface area contributed by atoms with Crippen molar-refractivity contribution in [1.82, 2.24) is 0 Å². The average Bonchev–Trinajstić information content (AvgIpc) is 2.85. The highest BCUT2D eigenvalue weighted by Gasteiger charge is 2.30. The number of amides is 2. The van der Waals surface area contributed by atoms with Crippen LogP contribution in [0.3, 0.4) is 0 Å². The molecule has 2 amide bonds. The Morgan fingerprint density at radius 3 is 2.83 bits per heavy atom. The first-order valence-corrected chi connectivity index (χ1v) is 7.97. The minimum absolute atomic E-state index is 0.0368. The molecule has 0 spiro atoms. The van der Waals surface area contributed by atoms with Crippen LogP contribution in [0, 0.1) is 0 Å². The molecular weight excluding hydrogens is 334 g/mol. The molecule has 0 saturated carbocycles. The normalized spacial score (nSPS) is 18.8. The Morgan fingerprint density at radius 2 is 2.08 bits per heavy atom. The van der Waals surface area contributed by atoms with E-state index in [9.17, 15) is 9.59 Å². The molecule has 9 nitrogen and oxygen atoms in total. The zero-order chi connectivity index (χ0) is 17.1. The first-order chi connectivity index (χ1) is 11.5. The van der Waals surface area contributed by atoms with E-state index in [1.807, 2.05) is 0 Å². The van der Waals surface area contributed by atoms with Gasteiger partial charge in [-0.2, -0.15) is 9.98 Å². The van der Waals surface area contributed by atoms with Crippen molar-refractivity contribution in [2.45, 2.75) is 11.7 Å². The summed E-state index contributed by atoms with van der Waals surface area (Å²) in [5.74, 6) is 0.270. The number of hydrogen-bond donors (Lipinski definition) is 3. The van der Waals surface area contributed by atoms with E-state index in [1.165, 1.54) is 0 Å². The van der Waals surface area contributed by atoms with Crippen molar-refractivity contribution in [2.24, 2.45) is 21.5 Å². The van der Waals surface area contributed by atoms with Gasteiger partial charge in [0, 0.05) is 18.2 Å². The molecular formula is C14H15N5O4S. The summed E-state index contributed by atoms with van der Waals surface area (Å²) < 4.78 is 10.9. The van der Waals surface area contributed by atoms with Crippen molar-refractivity contribution in [3.63, 3.8) is 0 Å². The molecule has 10 heteroatoms. The fraction of sp³-hybridized carbons (Fsp3) is 0.286. The molecule has 1 atom stereocenters. The quantitative estimate of drug-likeness (QED) is 0.517. The molecule has 0 saturated heterocycles. The third kappa shape index (κ3) is 3.77. The van der Waals surface area contributed by atoms with Crippen LogP contribution in [0.2, 0.25) is 0 Å². The molecule has 0 aromatic heterocycles. The molecule has 0 fully saturated rings.